The highest BCUT2D eigenvalue weighted by Gasteiger charge is 2.18. The highest BCUT2D eigenvalue weighted by atomic mass is 16.5. The summed E-state index contributed by atoms with van der Waals surface area (Å²) in [6.45, 7) is 4.92. The molecule has 0 fully saturated rings. The van der Waals surface area contributed by atoms with Gasteiger partial charge >= 0.3 is 5.97 Å². The van der Waals surface area contributed by atoms with Gasteiger partial charge in [0.2, 0.25) is 5.91 Å². The van der Waals surface area contributed by atoms with E-state index in [0.29, 0.717) is 19.4 Å². The van der Waals surface area contributed by atoms with E-state index in [1.807, 2.05) is 6.08 Å². The molecule has 2 unspecified atom stereocenters. The Morgan fingerprint density at radius 3 is 1.01 bits per heavy atom. The van der Waals surface area contributed by atoms with Crippen LogP contribution in [0.15, 0.2) is 12.2 Å². The first-order valence-corrected chi connectivity index (χ1v) is 30.5. The maximum atomic E-state index is 12.5. The Kier molecular flexibility index (Phi) is 56.0. The summed E-state index contributed by atoms with van der Waals surface area (Å²) in [6.07, 6.45) is 68.1. The van der Waals surface area contributed by atoms with Crippen molar-refractivity contribution in [3.8, 4) is 0 Å². The summed E-state index contributed by atoms with van der Waals surface area (Å²) in [5, 5.41) is 23.2. The Bertz CT molecular complexity index is 1000. The molecule has 1 amide bonds. The van der Waals surface area contributed by atoms with Gasteiger partial charge in [0, 0.05) is 12.8 Å². The first kappa shape index (κ1) is 65.6. The van der Waals surface area contributed by atoms with Gasteiger partial charge in [-0.05, 0) is 32.1 Å². The average Bonchev–Trinajstić information content (AvgIpc) is 3.33. The standard InChI is InChI=1S/C61H119NO5/c1-3-5-7-9-11-13-15-17-18-19-21-24-27-30-33-37-41-45-49-53-59(64)58(57-63)62-60(65)54-50-46-42-38-34-31-28-25-22-20-23-26-29-32-36-40-44-48-52-56-67-61(66)55-51-47-43-39-35-16-14-12-10-8-6-4-2/h49,53,58-59,63-64H,3-48,50-52,54-57H2,1-2H3,(H,62,65)/b53-49+. The second-order valence-corrected chi connectivity index (χ2v) is 21.0. The second-order valence-electron chi connectivity index (χ2n) is 21.0. The number of rotatable bonds is 57. The summed E-state index contributed by atoms with van der Waals surface area (Å²) in [6, 6.07) is -0.629. The fourth-order valence-electron chi connectivity index (χ4n) is 9.64. The van der Waals surface area contributed by atoms with E-state index in [2.05, 4.69) is 19.2 Å². The number of amides is 1. The molecule has 0 aromatic carbocycles. The third kappa shape index (κ3) is 53.8. The highest BCUT2D eigenvalue weighted by Crippen LogP contribution is 2.18. The molecule has 0 heterocycles. The molecule has 0 aliphatic rings. The van der Waals surface area contributed by atoms with Crippen LogP contribution in [-0.4, -0.2) is 47.4 Å². The van der Waals surface area contributed by atoms with E-state index in [1.54, 1.807) is 6.08 Å². The zero-order chi connectivity index (χ0) is 48.6. The number of allylic oxidation sites excluding steroid dienone is 1. The topological polar surface area (TPSA) is 95.9 Å². The van der Waals surface area contributed by atoms with Crippen molar-refractivity contribution >= 4 is 11.9 Å². The van der Waals surface area contributed by atoms with Crippen molar-refractivity contribution < 1.29 is 24.5 Å². The van der Waals surface area contributed by atoms with Crippen LogP contribution >= 0.6 is 0 Å². The summed E-state index contributed by atoms with van der Waals surface area (Å²) in [5.74, 6) is -0.0578. The summed E-state index contributed by atoms with van der Waals surface area (Å²) >= 11 is 0. The molecule has 0 rings (SSSR count). The van der Waals surface area contributed by atoms with Crippen molar-refractivity contribution in [3.63, 3.8) is 0 Å². The molecular weight excluding hydrogens is 827 g/mol. The van der Waals surface area contributed by atoms with Gasteiger partial charge in [0.15, 0.2) is 0 Å². The molecular formula is C61H119NO5. The smallest absolute Gasteiger partial charge is 0.305 e. The number of hydrogen-bond donors (Lipinski definition) is 3. The number of aliphatic hydroxyl groups excluding tert-OH is 2. The fourth-order valence-corrected chi connectivity index (χ4v) is 9.64. The Morgan fingerprint density at radius 1 is 0.403 bits per heavy atom. The Morgan fingerprint density at radius 2 is 0.687 bits per heavy atom. The number of unbranched alkanes of at least 4 members (excludes halogenated alkanes) is 46. The summed E-state index contributed by atoms with van der Waals surface area (Å²) < 4.78 is 5.47. The van der Waals surface area contributed by atoms with Gasteiger partial charge in [0.25, 0.3) is 0 Å². The minimum Gasteiger partial charge on any atom is -0.466 e. The van der Waals surface area contributed by atoms with E-state index in [0.717, 1.165) is 38.5 Å². The molecule has 67 heavy (non-hydrogen) atoms. The molecule has 398 valence electrons. The van der Waals surface area contributed by atoms with Gasteiger partial charge in [-0.3, -0.25) is 9.59 Å². The fraction of sp³-hybridized carbons (Fsp3) is 0.934. The van der Waals surface area contributed by atoms with Crippen molar-refractivity contribution in [1.82, 2.24) is 5.32 Å². The van der Waals surface area contributed by atoms with E-state index in [1.165, 1.54) is 276 Å². The van der Waals surface area contributed by atoms with Crippen LogP contribution in [0.1, 0.15) is 341 Å². The lowest BCUT2D eigenvalue weighted by atomic mass is 10.0. The molecule has 2 atom stereocenters. The van der Waals surface area contributed by atoms with Gasteiger partial charge in [0.05, 0.1) is 25.4 Å². The maximum Gasteiger partial charge on any atom is 0.305 e. The van der Waals surface area contributed by atoms with Crippen molar-refractivity contribution in [2.75, 3.05) is 13.2 Å². The lowest BCUT2D eigenvalue weighted by molar-refractivity contribution is -0.143. The van der Waals surface area contributed by atoms with Gasteiger partial charge < -0.3 is 20.3 Å². The van der Waals surface area contributed by atoms with Crippen LogP contribution in [0.5, 0.6) is 0 Å². The van der Waals surface area contributed by atoms with Crippen LogP contribution in [0.4, 0.5) is 0 Å². The van der Waals surface area contributed by atoms with Crippen LogP contribution in [0.3, 0.4) is 0 Å². The van der Waals surface area contributed by atoms with E-state index >= 15 is 0 Å². The minimum absolute atomic E-state index is 0.00968. The van der Waals surface area contributed by atoms with Crippen LogP contribution < -0.4 is 5.32 Å². The predicted octanol–water partition coefficient (Wildman–Crippen LogP) is 18.9. The van der Waals surface area contributed by atoms with Crippen molar-refractivity contribution in [1.29, 1.82) is 0 Å². The normalized spacial score (nSPS) is 12.6. The number of nitrogens with one attached hydrogen (secondary N) is 1. The molecule has 0 bridgehead atoms. The number of esters is 1. The highest BCUT2D eigenvalue weighted by molar-refractivity contribution is 5.76. The van der Waals surface area contributed by atoms with Gasteiger partial charge in [-0.2, -0.15) is 0 Å². The zero-order valence-electron chi connectivity index (χ0n) is 45.4. The van der Waals surface area contributed by atoms with Crippen LogP contribution in [0, 0.1) is 0 Å². The number of aliphatic hydroxyl groups is 2. The number of carbonyl (C=O) groups is 2. The van der Waals surface area contributed by atoms with Gasteiger partial charge in [-0.25, -0.2) is 0 Å². The Labute approximate surface area is 419 Å². The summed E-state index contributed by atoms with van der Waals surface area (Å²) in [5.41, 5.74) is 0. The first-order chi connectivity index (χ1) is 33.0. The van der Waals surface area contributed by atoms with E-state index < -0.39 is 12.1 Å². The van der Waals surface area contributed by atoms with Gasteiger partial charge in [-0.15, -0.1) is 0 Å². The van der Waals surface area contributed by atoms with Crippen LogP contribution in [0.2, 0.25) is 0 Å². The predicted molar refractivity (Wildman–Crippen MR) is 292 cm³/mol. The number of ether oxygens (including phenoxy) is 1. The molecule has 0 radical (unpaired) electrons. The molecule has 0 aliphatic heterocycles. The summed E-state index contributed by atoms with van der Waals surface area (Å²) in [7, 11) is 0. The maximum absolute atomic E-state index is 12.5. The lowest BCUT2D eigenvalue weighted by Crippen LogP contribution is -2.45. The van der Waals surface area contributed by atoms with Gasteiger partial charge in [0.1, 0.15) is 0 Å². The molecule has 0 aromatic rings. The lowest BCUT2D eigenvalue weighted by Gasteiger charge is -2.20. The van der Waals surface area contributed by atoms with Crippen molar-refractivity contribution in [2.24, 2.45) is 0 Å². The van der Waals surface area contributed by atoms with Crippen LogP contribution in [0.25, 0.3) is 0 Å². The summed E-state index contributed by atoms with van der Waals surface area (Å²) in [4.78, 5) is 24.5. The largest absolute Gasteiger partial charge is 0.466 e. The molecule has 6 nitrogen and oxygen atoms in total. The monoisotopic (exact) mass is 946 g/mol. The Balaban J connectivity index is 3.43. The SMILES string of the molecule is CCCCCCCCCCCCCCCCCCC/C=C/C(O)C(CO)NC(=O)CCCCCCCCCCCCCCCCCCCCCOC(=O)CCCCCCCCCCCCCC. The molecule has 0 spiro atoms. The van der Waals surface area contributed by atoms with E-state index in [-0.39, 0.29) is 18.5 Å². The number of carbonyl (C=O) groups excluding carboxylic acids is 2. The molecule has 3 N–H and O–H groups in total. The molecule has 0 aromatic heterocycles. The molecule has 0 aliphatic carbocycles. The third-order valence-electron chi connectivity index (χ3n) is 14.3. The third-order valence-corrected chi connectivity index (χ3v) is 14.3. The second kappa shape index (κ2) is 57.2. The van der Waals surface area contributed by atoms with E-state index in [4.69, 9.17) is 4.74 Å². The minimum atomic E-state index is -0.846. The number of hydrogen-bond acceptors (Lipinski definition) is 5. The van der Waals surface area contributed by atoms with E-state index in [9.17, 15) is 19.8 Å². The first-order valence-electron chi connectivity index (χ1n) is 30.5. The van der Waals surface area contributed by atoms with Crippen molar-refractivity contribution in [3.05, 3.63) is 12.2 Å². The van der Waals surface area contributed by atoms with Crippen LogP contribution in [-0.2, 0) is 14.3 Å². The quantitative estimate of drug-likeness (QED) is 0.0321. The van der Waals surface area contributed by atoms with Gasteiger partial charge in [-0.1, -0.05) is 309 Å². The van der Waals surface area contributed by atoms with Crippen molar-refractivity contribution in [2.45, 2.75) is 353 Å². The molecule has 0 saturated carbocycles. The zero-order valence-corrected chi connectivity index (χ0v) is 45.4. The molecule has 6 heteroatoms. The average molecular weight is 947 g/mol. The molecule has 0 saturated heterocycles. The Hall–Kier alpha value is -1.40.